The lowest BCUT2D eigenvalue weighted by Crippen LogP contribution is -2.41. The van der Waals surface area contributed by atoms with E-state index in [2.05, 4.69) is 5.32 Å². The number of benzene rings is 1. The minimum atomic E-state index is -1.32. The molecule has 1 aromatic carbocycles. The van der Waals surface area contributed by atoms with Crippen LogP contribution in [0.1, 0.15) is 23.7 Å². The van der Waals surface area contributed by atoms with E-state index in [4.69, 9.17) is 10.4 Å². The summed E-state index contributed by atoms with van der Waals surface area (Å²) in [4.78, 5) is 22.7. The number of aliphatic carboxylic acids is 1. The molecule has 7 heteroatoms. The highest BCUT2D eigenvalue weighted by atomic mass is 19.1. The molecule has 106 valence electrons. The van der Waals surface area contributed by atoms with E-state index in [0.717, 1.165) is 12.1 Å². The summed E-state index contributed by atoms with van der Waals surface area (Å²) in [6.45, 7) is 1.50. The zero-order valence-corrected chi connectivity index (χ0v) is 10.6. The average molecular weight is 282 g/mol. The lowest BCUT2D eigenvalue weighted by Gasteiger charge is -2.15. The fourth-order valence-corrected chi connectivity index (χ4v) is 1.55. The van der Waals surface area contributed by atoms with Crippen LogP contribution in [-0.4, -0.2) is 23.0 Å². The number of hydrogen-bond donors (Lipinski definition) is 2. The molecule has 0 aliphatic carbocycles. The Hall–Kier alpha value is -2.49. The van der Waals surface area contributed by atoms with Gasteiger partial charge in [0.25, 0.3) is 5.91 Å². The van der Waals surface area contributed by atoms with Crippen molar-refractivity contribution in [1.82, 2.24) is 5.32 Å². The van der Waals surface area contributed by atoms with E-state index < -0.39 is 35.5 Å². The largest absolute Gasteiger partial charge is 0.480 e. The SMILES string of the molecule is C[C@H](C#N)C[C@H](NC(=O)c1cc(F)cc(F)c1)C(=O)O. The minimum Gasteiger partial charge on any atom is -0.480 e. The van der Waals surface area contributed by atoms with E-state index >= 15 is 0 Å². The highest BCUT2D eigenvalue weighted by molar-refractivity contribution is 5.96. The first kappa shape index (κ1) is 15.6. The Balaban J connectivity index is 2.86. The summed E-state index contributed by atoms with van der Waals surface area (Å²) in [5.41, 5.74) is -0.321. The summed E-state index contributed by atoms with van der Waals surface area (Å²) in [7, 11) is 0. The van der Waals surface area contributed by atoms with Crippen molar-refractivity contribution < 1.29 is 23.5 Å². The number of amides is 1. The summed E-state index contributed by atoms with van der Waals surface area (Å²) >= 11 is 0. The second-order valence-corrected chi connectivity index (χ2v) is 4.29. The van der Waals surface area contributed by atoms with Gasteiger partial charge in [0.15, 0.2) is 0 Å². The van der Waals surface area contributed by atoms with Gasteiger partial charge in [0.2, 0.25) is 0 Å². The first-order valence-electron chi connectivity index (χ1n) is 5.73. The van der Waals surface area contributed by atoms with Crippen LogP contribution in [0.2, 0.25) is 0 Å². The molecule has 5 nitrogen and oxygen atoms in total. The van der Waals surface area contributed by atoms with Crippen molar-refractivity contribution in [2.45, 2.75) is 19.4 Å². The third-order valence-electron chi connectivity index (χ3n) is 2.54. The van der Waals surface area contributed by atoms with Crippen LogP contribution in [0.4, 0.5) is 8.78 Å². The predicted molar refractivity (Wildman–Crippen MR) is 64.6 cm³/mol. The monoisotopic (exact) mass is 282 g/mol. The van der Waals surface area contributed by atoms with Gasteiger partial charge >= 0.3 is 5.97 Å². The van der Waals surface area contributed by atoms with Crippen molar-refractivity contribution in [3.63, 3.8) is 0 Å². The van der Waals surface area contributed by atoms with Crippen LogP contribution in [0.3, 0.4) is 0 Å². The number of nitrogens with zero attached hydrogens (tertiary/aromatic N) is 1. The lowest BCUT2D eigenvalue weighted by atomic mass is 10.0. The van der Waals surface area contributed by atoms with Crippen LogP contribution in [0, 0.1) is 28.9 Å². The maximum atomic E-state index is 13.0. The van der Waals surface area contributed by atoms with Gasteiger partial charge in [0, 0.05) is 17.5 Å². The number of carboxylic acid groups (broad SMARTS) is 1. The molecule has 0 aromatic heterocycles. The molecular formula is C13H12F2N2O3. The van der Waals surface area contributed by atoms with Crippen LogP contribution in [0.25, 0.3) is 0 Å². The van der Waals surface area contributed by atoms with Gasteiger partial charge in [-0.15, -0.1) is 0 Å². The second-order valence-electron chi connectivity index (χ2n) is 4.29. The maximum Gasteiger partial charge on any atom is 0.326 e. The molecule has 0 radical (unpaired) electrons. The first-order valence-corrected chi connectivity index (χ1v) is 5.73. The lowest BCUT2D eigenvalue weighted by molar-refractivity contribution is -0.139. The molecule has 1 amide bonds. The summed E-state index contributed by atoms with van der Waals surface area (Å²) in [6, 6.07) is 2.74. The number of nitrogens with one attached hydrogen (secondary N) is 1. The molecule has 0 aliphatic rings. The van der Waals surface area contributed by atoms with Crippen molar-refractivity contribution in [3.05, 3.63) is 35.4 Å². The van der Waals surface area contributed by atoms with Gasteiger partial charge in [-0.2, -0.15) is 5.26 Å². The highest BCUT2D eigenvalue weighted by Gasteiger charge is 2.23. The van der Waals surface area contributed by atoms with E-state index in [0.29, 0.717) is 6.07 Å². The topological polar surface area (TPSA) is 90.2 Å². The Labute approximate surface area is 113 Å². The van der Waals surface area contributed by atoms with E-state index in [-0.39, 0.29) is 12.0 Å². The fraction of sp³-hybridized carbons (Fsp3) is 0.308. The number of nitriles is 1. The molecule has 0 bridgehead atoms. The first-order chi connectivity index (χ1) is 9.33. The van der Waals surface area contributed by atoms with Crippen molar-refractivity contribution in [1.29, 1.82) is 5.26 Å². The summed E-state index contributed by atoms with van der Waals surface area (Å²) in [6.07, 6.45) is -0.102. The smallest absolute Gasteiger partial charge is 0.326 e. The van der Waals surface area contributed by atoms with Crippen molar-refractivity contribution in [2.24, 2.45) is 5.92 Å². The maximum absolute atomic E-state index is 13.0. The Bertz CT molecular complexity index is 549. The molecule has 2 N–H and O–H groups in total. The summed E-state index contributed by atoms with van der Waals surface area (Å²) < 4.78 is 25.9. The Morgan fingerprint density at radius 2 is 1.90 bits per heavy atom. The molecule has 0 saturated heterocycles. The van der Waals surface area contributed by atoms with Gasteiger partial charge in [0.05, 0.1) is 6.07 Å². The molecule has 0 heterocycles. The van der Waals surface area contributed by atoms with Crippen LogP contribution < -0.4 is 5.32 Å². The zero-order valence-electron chi connectivity index (χ0n) is 10.6. The van der Waals surface area contributed by atoms with Crippen LogP contribution in [-0.2, 0) is 4.79 Å². The van der Waals surface area contributed by atoms with Crippen LogP contribution in [0.5, 0.6) is 0 Å². The van der Waals surface area contributed by atoms with Gasteiger partial charge < -0.3 is 10.4 Å². The Morgan fingerprint density at radius 1 is 1.35 bits per heavy atom. The Kier molecular flexibility index (Phi) is 5.15. The summed E-state index contributed by atoms with van der Waals surface area (Å²) in [5, 5.41) is 19.7. The second kappa shape index (κ2) is 6.61. The normalized spacial score (nSPS) is 13.1. The number of rotatable bonds is 5. The number of carbonyl (C=O) groups is 2. The third-order valence-corrected chi connectivity index (χ3v) is 2.54. The fourth-order valence-electron chi connectivity index (χ4n) is 1.55. The van der Waals surface area contributed by atoms with E-state index in [9.17, 15) is 18.4 Å². The predicted octanol–water partition coefficient (Wildman–Crippen LogP) is 1.70. The van der Waals surface area contributed by atoms with Gasteiger partial charge in [-0.1, -0.05) is 0 Å². The van der Waals surface area contributed by atoms with E-state index in [1.807, 2.05) is 6.07 Å². The van der Waals surface area contributed by atoms with Crippen molar-refractivity contribution in [2.75, 3.05) is 0 Å². The average Bonchev–Trinajstić information content (AvgIpc) is 2.36. The number of hydrogen-bond acceptors (Lipinski definition) is 3. The molecule has 0 saturated carbocycles. The molecule has 20 heavy (non-hydrogen) atoms. The molecule has 0 spiro atoms. The molecular weight excluding hydrogens is 270 g/mol. The van der Waals surface area contributed by atoms with Gasteiger partial charge in [0.1, 0.15) is 17.7 Å². The zero-order chi connectivity index (χ0) is 15.3. The van der Waals surface area contributed by atoms with E-state index in [1.165, 1.54) is 6.92 Å². The van der Waals surface area contributed by atoms with Gasteiger partial charge in [-0.25, -0.2) is 13.6 Å². The molecule has 1 rings (SSSR count). The quantitative estimate of drug-likeness (QED) is 0.860. The number of carbonyl (C=O) groups excluding carboxylic acids is 1. The van der Waals surface area contributed by atoms with Crippen molar-refractivity contribution in [3.8, 4) is 6.07 Å². The van der Waals surface area contributed by atoms with Crippen molar-refractivity contribution >= 4 is 11.9 Å². The number of carboxylic acids is 1. The summed E-state index contributed by atoms with van der Waals surface area (Å²) in [5.74, 6) is -4.70. The molecule has 0 fully saturated rings. The van der Waals surface area contributed by atoms with Crippen LogP contribution in [0.15, 0.2) is 18.2 Å². The van der Waals surface area contributed by atoms with Gasteiger partial charge in [-0.05, 0) is 25.5 Å². The molecule has 0 unspecified atom stereocenters. The highest BCUT2D eigenvalue weighted by Crippen LogP contribution is 2.10. The minimum absolute atomic E-state index is 0.102. The standard InChI is InChI=1S/C13H12F2N2O3/c1-7(6-16)2-11(13(19)20)17-12(18)8-3-9(14)5-10(15)4-8/h3-5,7,11H,2H2,1H3,(H,17,18)(H,19,20)/t7-,11-/m0/s1. The molecule has 0 aliphatic heterocycles. The number of halogens is 2. The van der Waals surface area contributed by atoms with E-state index in [1.54, 1.807) is 0 Å². The molecule has 1 aromatic rings. The van der Waals surface area contributed by atoms with Crippen LogP contribution >= 0.6 is 0 Å². The Morgan fingerprint density at radius 3 is 2.35 bits per heavy atom. The molecule has 2 atom stereocenters. The third kappa shape index (κ3) is 4.31. The van der Waals surface area contributed by atoms with Gasteiger partial charge in [-0.3, -0.25) is 4.79 Å².